The number of anilines is 1. The van der Waals surface area contributed by atoms with Crippen molar-refractivity contribution in [1.82, 2.24) is 10.2 Å². The van der Waals surface area contributed by atoms with E-state index in [9.17, 15) is 9.50 Å². The van der Waals surface area contributed by atoms with E-state index >= 15 is 0 Å². The molecule has 0 spiro atoms. The van der Waals surface area contributed by atoms with E-state index in [1.165, 1.54) is 12.1 Å². The van der Waals surface area contributed by atoms with Gasteiger partial charge in [-0.1, -0.05) is 0 Å². The summed E-state index contributed by atoms with van der Waals surface area (Å²) < 4.78 is 13.1. The van der Waals surface area contributed by atoms with Crippen molar-refractivity contribution in [3.05, 3.63) is 54.0 Å². The lowest BCUT2D eigenvalue weighted by atomic mass is 10.2. The van der Waals surface area contributed by atoms with E-state index in [-0.39, 0.29) is 5.75 Å². The third kappa shape index (κ3) is 2.49. The lowest BCUT2D eigenvalue weighted by Gasteiger charge is -2.07. The van der Waals surface area contributed by atoms with Crippen LogP contribution in [-0.4, -0.2) is 15.3 Å². The Balaban J connectivity index is 1.77. The molecule has 0 amide bonds. The molecular weight excluding hydrogens is 245 g/mol. The number of benzene rings is 2. The van der Waals surface area contributed by atoms with Crippen LogP contribution in [0.15, 0.2) is 42.6 Å². The van der Waals surface area contributed by atoms with Crippen LogP contribution in [0.5, 0.6) is 5.75 Å². The molecule has 1 aromatic heterocycles. The van der Waals surface area contributed by atoms with Gasteiger partial charge >= 0.3 is 0 Å². The zero-order chi connectivity index (χ0) is 13.2. The summed E-state index contributed by atoms with van der Waals surface area (Å²) in [5, 5.41) is 20.4. The second-order valence-corrected chi connectivity index (χ2v) is 4.34. The number of aromatic nitrogens is 2. The van der Waals surface area contributed by atoms with Crippen LogP contribution >= 0.6 is 0 Å². The minimum atomic E-state index is -0.444. The first-order chi connectivity index (χ1) is 9.20. The molecule has 1 heterocycles. The van der Waals surface area contributed by atoms with E-state index in [0.29, 0.717) is 12.1 Å². The standard InChI is InChI=1S/C14H12FN3O/c15-11-3-9(4-13(19)5-11)7-16-12-2-1-10-8-17-18-14(10)6-12/h1-6,8,16,19H,7H2,(H,17,18). The largest absolute Gasteiger partial charge is 0.508 e. The molecule has 0 radical (unpaired) electrons. The number of phenols is 1. The summed E-state index contributed by atoms with van der Waals surface area (Å²) in [5.41, 5.74) is 2.52. The number of halogens is 1. The molecule has 0 unspecified atom stereocenters. The number of rotatable bonds is 3. The predicted molar refractivity (Wildman–Crippen MR) is 71.5 cm³/mol. The highest BCUT2D eigenvalue weighted by Crippen LogP contribution is 2.19. The van der Waals surface area contributed by atoms with Gasteiger partial charge in [0.1, 0.15) is 11.6 Å². The van der Waals surface area contributed by atoms with E-state index in [2.05, 4.69) is 15.5 Å². The number of hydrogen-bond acceptors (Lipinski definition) is 3. The highest BCUT2D eigenvalue weighted by molar-refractivity contribution is 5.81. The van der Waals surface area contributed by atoms with Gasteiger partial charge in [-0.2, -0.15) is 5.10 Å². The molecule has 3 aromatic rings. The van der Waals surface area contributed by atoms with Crippen molar-refractivity contribution < 1.29 is 9.50 Å². The van der Waals surface area contributed by atoms with Gasteiger partial charge in [0.05, 0.1) is 11.7 Å². The van der Waals surface area contributed by atoms with Gasteiger partial charge in [-0.3, -0.25) is 5.10 Å². The van der Waals surface area contributed by atoms with Gasteiger partial charge in [-0.15, -0.1) is 0 Å². The lowest BCUT2D eigenvalue weighted by molar-refractivity contribution is 0.468. The Morgan fingerprint density at radius 2 is 2.11 bits per heavy atom. The molecule has 0 bridgehead atoms. The Bertz CT molecular complexity index is 703. The number of hydrogen-bond donors (Lipinski definition) is 3. The SMILES string of the molecule is Oc1cc(F)cc(CNc2ccc3cn[nH]c3c2)c1. The Morgan fingerprint density at radius 3 is 2.95 bits per heavy atom. The van der Waals surface area contributed by atoms with Crippen molar-refractivity contribution in [2.75, 3.05) is 5.32 Å². The molecule has 3 N–H and O–H groups in total. The summed E-state index contributed by atoms with van der Waals surface area (Å²) in [6, 6.07) is 9.81. The molecule has 0 aliphatic rings. The molecule has 2 aromatic carbocycles. The Hall–Kier alpha value is -2.56. The molecule has 96 valence electrons. The number of aromatic amines is 1. The molecule has 0 saturated carbocycles. The van der Waals surface area contributed by atoms with Gasteiger partial charge in [0.2, 0.25) is 0 Å². The Labute approximate surface area is 108 Å². The van der Waals surface area contributed by atoms with Crippen LogP contribution < -0.4 is 5.32 Å². The summed E-state index contributed by atoms with van der Waals surface area (Å²) in [5.74, 6) is -0.512. The van der Waals surface area contributed by atoms with Gasteiger partial charge in [0.15, 0.2) is 0 Å². The molecule has 0 aliphatic carbocycles. The van der Waals surface area contributed by atoms with Crippen LogP contribution in [0.4, 0.5) is 10.1 Å². The molecule has 4 nitrogen and oxygen atoms in total. The maximum absolute atomic E-state index is 13.1. The third-order valence-electron chi connectivity index (χ3n) is 2.88. The van der Waals surface area contributed by atoms with Crippen LogP contribution in [0, 0.1) is 5.82 Å². The molecular formula is C14H12FN3O. The fourth-order valence-electron chi connectivity index (χ4n) is 1.99. The minimum absolute atomic E-state index is 0.0687. The highest BCUT2D eigenvalue weighted by atomic mass is 19.1. The maximum atomic E-state index is 13.1. The van der Waals surface area contributed by atoms with Crippen LogP contribution in [0.25, 0.3) is 10.9 Å². The van der Waals surface area contributed by atoms with Crippen LogP contribution in [0.1, 0.15) is 5.56 Å². The molecule has 0 saturated heterocycles. The van der Waals surface area contributed by atoms with Gasteiger partial charge < -0.3 is 10.4 Å². The fraction of sp³-hybridized carbons (Fsp3) is 0.0714. The third-order valence-corrected chi connectivity index (χ3v) is 2.88. The zero-order valence-electron chi connectivity index (χ0n) is 10.0. The van der Waals surface area contributed by atoms with Gasteiger partial charge in [0, 0.05) is 23.7 Å². The summed E-state index contributed by atoms with van der Waals surface area (Å²) >= 11 is 0. The summed E-state index contributed by atoms with van der Waals surface area (Å²) in [4.78, 5) is 0. The Kier molecular flexibility index (Phi) is 2.79. The predicted octanol–water partition coefficient (Wildman–Crippen LogP) is 3.02. The molecule has 3 rings (SSSR count). The Morgan fingerprint density at radius 1 is 1.21 bits per heavy atom. The van der Waals surface area contributed by atoms with E-state index in [0.717, 1.165) is 22.7 Å². The van der Waals surface area contributed by atoms with Crippen molar-refractivity contribution in [2.24, 2.45) is 0 Å². The average Bonchev–Trinajstić information content (AvgIpc) is 2.82. The van der Waals surface area contributed by atoms with Crippen LogP contribution in [-0.2, 0) is 6.54 Å². The van der Waals surface area contributed by atoms with Crippen molar-refractivity contribution in [1.29, 1.82) is 0 Å². The van der Waals surface area contributed by atoms with Gasteiger partial charge in [0.25, 0.3) is 0 Å². The molecule has 5 heteroatoms. The van der Waals surface area contributed by atoms with Crippen molar-refractivity contribution in [3.63, 3.8) is 0 Å². The first-order valence-electron chi connectivity index (χ1n) is 5.86. The lowest BCUT2D eigenvalue weighted by Crippen LogP contribution is -1.99. The smallest absolute Gasteiger partial charge is 0.127 e. The van der Waals surface area contributed by atoms with Crippen molar-refractivity contribution >= 4 is 16.6 Å². The summed E-state index contributed by atoms with van der Waals surface area (Å²) in [6.07, 6.45) is 1.75. The normalized spacial score (nSPS) is 10.8. The highest BCUT2D eigenvalue weighted by Gasteiger charge is 2.01. The second kappa shape index (κ2) is 4.61. The minimum Gasteiger partial charge on any atom is -0.508 e. The molecule has 0 atom stereocenters. The summed E-state index contributed by atoms with van der Waals surface area (Å²) in [6.45, 7) is 0.435. The first kappa shape index (κ1) is 11.5. The molecule has 19 heavy (non-hydrogen) atoms. The average molecular weight is 257 g/mol. The number of nitrogens with one attached hydrogen (secondary N) is 2. The van der Waals surface area contributed by atoms with E-state index in [4.69, 9.17) is 0 Å². The number of nitrogens with zero attached hydrogens (tertiary/aromatic N) is 1. The quantitative estimate of drug-likeness (QED) is 0.676. The number of fused-ring (bicyclic) bond motifs is 1. The maximum Gasteiger partial charge on any atom is 0.127 e. The van der Waals surface area contributed by atoms with Crippen molar-refractivity contribution in [3.8, 4) is 5.75 Å². The fourth-order valence-corrected chi connectivity index (χ4v) is 1.99. The van der Waals surface area contributed by atoms with E-state index < -0.39 is 5.82 Å². The second-order valence-electron chi connectivity index (χ2n) is 4.34. The number of phenolic OH excluding ortho intramolecular Hbond substituents is 1. The monoisotopic (exact) mass is 257 g/mol. The van der Waals surface area contributed by atoms with E-state index in [1.54, 1.807) is 6.20 Å². The van der Waals surface area contributed by atoms with Gasteiger partial charge in [-0.05, 0) is 35.9 Å². The summed E-state index contributed by atoms with van der Waals surface area (Å²) in [7, 11) is 0. The van der Waals surface area contributed by atoms with Crippen LogP contribution in [0.2, 0.25) is 0 Å². The number of H-pyrrole nitrogens is 1. The molecule has 0 fully saturated rings. The number of aromatic hydroxyl groups is 1. The van der Waals surface area contributed by atoms with Crippen LogP contribution in [0.3, 0.4) is 0 Å². The van der Waals surface area contributed by atoms with E-state index in [1.807, 2.05) is 18.2 Å². The topological polar surface area (TPSA) is 60.9 Å². The first-order valence-corrected chi connectivity index (χ1v) is 5.86. The zero-order valence-corrected chi connectivity index (χ0v) is 10.0. The van der Waals surface area contributed by atoms with Crippen molar-refractivity contribution in [2.45, 2.75) is 6.54 Å². The van der Waals surface area contributed by atoms with Gasteiger partial charge in [-0.25, -0.2) is 4.39 Å². The molecule has 0 aliphatic heterocycles.